The van der Waals surface area contributed by atoms with E-state index in [1.807, 2.05) is 9.80 Å². The molecule has 2 heterocycles. The third kappa shape index (κ3) is 3.78. The highest BCUT2D eigenvalue weighted by Gasteiger charge is 2.55. The van der Waals surface area contributed by atoms with E-state index in [0.29, 0.717) is 12.1 Å². The van der Waals surface area contributed by atoms with Gasteiger partial charge in [-0.2, -0.15) is 0 Å². The SMILES string of the molecule is CC1N(C(=O)NCCCCCCNC(=O)N2C(C)C2(C)C)C1(C)C. The lowest BCUT2D eigenvalue weighted by Gasteiger charge is -2.10. The van der Waals surface area contributed by atoms with E-state index in [4.69, 9.17) is 0 Å². The van der Waals surface area contributed by atoms with E-state index in [-0.39, 0.29) is 23.1 Å². The molecule has 2 aliphatic heterocycles. The monoisotopic (exact) mass is 338 g/mol. The van der Waals surface area contributed by atoms with E-state index in [1.165, 1.54) is 0 Å². The lowest BCUT2D eigenvalue weighted by atomic mass is 10.2. The third-order valence-electron chi connectivity index (χ3n) is 6.02. The Hall–Kier alpha value is -1.46. The molecular formula is C18H34N4O2. The summed E-state index contributed by atoms with van der Waals surface area (Å²) in [7, 11) is 0. The van der Waals surface area contributed by atoms with Crippen LogP contribution in [0.4, 0.5) is 9.59 Å². The highest BCUT2D eigenvalue weighted by atomic mass is 16.2. The zero-order valence-electron chi connectivity index (χ0n) is 16.1. The minimum absolute atomic E-state index is 0.00589. The zero-order valence-corrected chi connectivity index (χ0v) is 16.1. The second kappa shape index (κ2) is 6.81. The third-order valence-corrected chi connectivity index (χ3v) is 6.02. The number of carbonyl (C=O) groups is 2. The van der Waals surface area contributed by atoms with Gasteiger partial charge in [-0.05, 0) is 54.4 Å². The van der Waals surface area contributed by atoms with Gasteiger partial charge < -0.3 is 20.4 Å². The van der Waals surface area contributed by atoms with Crippen LogP contribution in [0.3, 0.4) is 0 Å². The molecule has 2 N–H and O–H groups in total. The van der Waals surface area contributed by atoms with E-state index in [9.17, 15) is 9.59 Å². The molecule has 2 unspecified atom stereocenters. The van der Waals surface area contributed by atoms with Crippen LogP contribution in [0.5, 0.6) is 0 Å². The Labute approximate surface area is 146 Å². The smallest absolute Gasteiger partial charge is 0.318 e. The van der Waals surface area contributed by atoms with Gasteiger partial charge in [0.15, 0.2) is 0 Å². The fourth-order valence-corrected chi connectivity index (χ4v) is 3.41. The molecule has 2 atom stereocenters. The van der Waals surface area contributed by atoms with Crippen LogP contribution in [0, 0.1) is 0 Å². The number of rotatable bonds is 7. The number of unbranched alkanes of at least 4 members (excludes halogenated alkanes) is 3. The number of amides is 4. The van der Waals surface area contributed by atoms with Crippen LogP contribution >= 0.6 is 0 Å². The molecule has 0 aromatic heterocycles. The second-order valence-electron chi connectivity index (χ2n) is 8.28. The van der Waals surface area contributed by atoms with Gasteiger partial charge in [-0.15, -0.1) is 0 Å². The summed E-state index contributed by atoms with van der Waals surface area (Å²) >= 11 is 0. The quantitative estimate of drug-likeness (QED) is 0.554. The summed E-state index contributed by atoms with van der Waals surface area (Å²) in [6.07, 6.45) is 4.11. The van der Waals surface area contributed by atoms with Crippen molar-refractivity contribution in [2.24, 2.45) is 0 Å². The standard InChI is InChI=1S/C18H34N4O2/c1-13-17(3,4)21(13)15(23)19-11-9-7-8-10-12-20-16(24)22-14(2)18(22,5)6/h13-14H,7-12H2,1-6H3,(H,19,23)(H,20,24). The molecule has 6 heteroatoms. The first-order valence-electron chi connectivity index (χ1n) is 9.26. The van der Waals surface area contributed by atoms with Crippen molar-refractivity contribution in [2.45, 2.75) is 90.4 Å². The minimum Gasteiger partial charge on any atom is -0.338 e. The number of urea groups is 2. The predicted octanol–water partition coefficient (Wildman–Crippen LogP) is 2.93. The molecule has 4 amide bonds. The lowest BCUT2D eigenvalue weighted by molar-refractivity contribution is 0.221. The van der Waals surface area contributed by atoms with Crippen molar-refractivity contribution in [1.82, 2.24) is 20.4 Å². The maximum absolute atomic E-state index is 12.0. The number of nitrogens with zero attached hydrogens (tertiary/aromatic N) is 2. The first kappa shape index (κ1) is 18.9. The van der Waals surface area contributed by atoms with Crippen LogP contribution in [-0.2, 0) is 0 Å². The summed E-state index contributed by atoms with van der Waals surface area (Å²) in [5.41, 5.74) is 0.0118. The molecule has 0 aromatic rings. The van der Waals surface area contributed by atoms with Crippen LogP contribution < -0.4 is 10.6 Å². The average molecular weight is 338 g/mol. The van der Waals surface area contributed by atoms with Gasteiger partial charge in [0.05, 0.1) is 23.2 Å². The zero-order chi connectivity index (χ0) is 18.1. The van der Waals surface area contributed by atoms with Gasteiger partial charge in [0.25, 0.3) is 0 Å². The van der Waals surface area contributed by atoms with E-state index < -0.39 is 0 Å². The van der Waals surface area contributed by atoms with E-state index in [2.05, 4.69) is 52.2 Å². The number of hydrogen-bond donors (Lipinski definition) is 2. The molecule has 2 aliphatic rings. The van der Waals surface area contributed by atoms with E-state index >= 15 is 0 Å². The van der Waals surface area contributed by atoms with E-state index in [1.54, 1.807) is 0 Å². The topological polar surface area (TPSA) is 64.2 Å². The first-order valence-corrected chi connectivity index (χ1v) is 9.26. The van der Waals surface area contributed by atoms with Crippen molar-refractivity contribution in [3.63, 3.8) is 0 Å². The Morgan fingerprint density at radius 2 is 1.04 bits per heavy atom. The number of hydrogen-bond acceptors (Lipinski definition) is 2. The molecule has 24 heavy (non-hydrogen) atoms. The minimum atomic E-state index is 0.00589. The molecule has 0 bridgehead atoms. The Morgan fingerprint density at radius 3 is 1.29 bits per heavy atom. The Morgan fingerprint density at radius 1 is 0.750 bits per heavy atom. The van der Waals surface area contributed by atoms with Crippen molar-refractivity contribution in [3.05, 3.63) is 0 Å². The van der Waals surface area contributed by atoms with E-state index in [0.717, 1.165) is 38.8 Å². The Balaban J connectivity index is 1.44. The lowest BCUT2D eigenvalue weighted by Crippen LogP contribution is -2.32. The van der Waals surface area contributed by atoms with Crippen molar-refractivity contribution in [3.8, 4) is 0 Å². The fourth-order valence-electron chi connectivity index (χ4n) is 3.41. The normalized spacial score (nSPS) is 26.1. The summed E-state index contributed by atoms with van der Waals surface area (Å²) in [6.45, 7) is 14.0. The van der Waals surface area contributed by atoms with Gasteiger partial charge in [0, 0.05) is 13.1 Å². The van der Waals surface area contributed by atoms with Gasteiger partial charge in [-0.25, -0.2) is 9.59 Å². The van der Waals surface area contributed by atoms with Crippen LogP contribution in [0.25, 0.3) is 0 Å². The highest BCUT2D eigenvalue weighted by Crippen LogP contribution is 2.40. The van der Waals surface area contributed by atoms with Crippen molar-refractivity contribution in [1.29, 1.82) is 0 Å². The van der Waals surface area contributed by atoms with Gasteiger partial charge in [0.2, 0.25) is 0 Å². The van der Waals surface area contributed by atoms with Gasteiger partial charge in [0.1, 0.15) is 0 Å². The molecule has 2 rings (SSSR count). The fraction of sp³-hybridized carbons (Fsp3) is 0.889. The van der Waals surface area contributed by atoms with Gasteiger partial charge in [-0.3, -0.25) is 0 Å². The molecule has 0 aromatic carbocycles. The van der Waals surface area contributed by atoms with Crippen LogP contribution in [0.15, 0.2) is 0 Å². The summed E-state index contributed by atoms with van der Waals surface area (Å²) < 4.78 is 0. The van der Waals surface area contributed by atoms with Crippen LogP contribution in [0.1, 0.15) is 67.2 Å². The largest absolute Gasteiger partial charge is 0.338 e. The van der Waals surface area contributed by atoms with Crippen LogP contribution in [0.2, 0.25) is 0 Å². The highest BCUT2D eigenvalue weighted by molar-refractivity contribution is 5.79. The molecule has 2 fully saturated rings. The van der Waals surface area contributed by atoms with Gasteiger partial charge >= 0.3 is 12.1 Å². The molecular weight excluding hydrogens is 304 g/mol. The molecule has 0 radical (unpaired) electrons. The average Bonchev–Trinajstić information content (AvgIpc) is 3.20. The summed E-state index contributed by atoms with van der Waals surface area (Å²) in [4.78, 5) is 27.7. The second-order valence-corrected chi connectivity index (χ2v) is 8.28. The summed E-state index contributed by atoms with van der Waals surface area (Å²) in [5, 5.41) is 5.97. The van der Waals surface area contributed by atoms with Gasteiger partial charge in [-0.1, -0.05) is 12.8 Å². The number of carbonyl (C=O) groups excluding carboxylic acids is 2. The Kier molecular flexibility index (Phi) is 5.35. The number of nitrogens with one attached hydrogen (secondary N) is 2. The molecule has 0 saturated carbocycles. The first-order chi connectivity index (χ1) is 11.1. The maximum atomic E-state index is 12.0. The molecule has 0 aliphatic carbocycles. The van der Waals surface area contributed by atoms with Crippen molar-refractivity contribution < 1.29 is 9.59 Å². The van der Waals surface area contributed by atoms with Crippen molar-refractivity contribution >= 4 is 12.1 Å². The molecule has 138 valence electrons. The van der Waals surface area contributed by atoms with Crippen molar-refractivity contribution in [2.75, 3.05) is 13.1 Å². The Bertz CT molecular complexity index is 445. The summed E-state index contributed by atoms with van der Waals surface area (Å²) in [5.74, 6) is 0. The molecule has 0 spiro atoms. The maximum Gasteiger partial charge on any atom is 0.318 e. The molecule has 2 saturated heterocycles. The summed E-state index contributed by atoms with van der Waals surface area (Å²) in [6, 6.07) is 0.761. The predicted molar refractivity (Wildman–Crippen MR) is 96.0 cm³/mol. The molecule has 6 nitrogen and oxygen atoms in total. The van der Waals surface area contributed by atoms with Crippen LogP contribution in [-0.4, -0.2) is 58.1 Å².